The van der Waals surface area contributed by atoms with Gasteiger partial charge < -0.3 is 10.2 Å². The van der Waals surface area contributed by atoms with Gasteiger partial charge in [0.2, 0.25) is 0 Å². The zero-order chi connectivity index (χ0) is 17.4. The zero-order valence-electron chi connectivity index (χ0n) is 14.4. The first-order chi connectivity index (χ1) is 12.1. The Morgan fingerprint density at radius 2 is 2.00 bits per heavy atom. The number of benzene rings is 1. The molecule has 1 aliphatic rings. The Bertz CT molecular complexity index is 918. The first-order valence-electron chi connectivity index (χ1n) is 8.53. The maximum Gasteiger partial charge on any atom is 0.274 e. The second kappa shape index (κ2) is 6.29. The topological polar surface area (TPSA) is 62.5 Å². The van der Waals surface area contributed by atoms with Crippen LogP contribution in [0.4, 0.5) is 0 Å². The van der Waals surface area contributed by atoms with Crippen LogP contribution in [0.1, 0.15) is 33.5 Å². The van der Waals surface area contributed by atoms with Crippen LogP contribution in [0.15, 0.2) is 42.5 Å². The van der Waals surface area contributed by atoms with E-state index in [1.54, 1.807) is 10.6 Å². The molecule has 1 aromatic carbocycles. The van der Waals surface area contributed by atoms with Crippen LogP contribution in [0.2, 0.25) is 0 Å². The second-order valence-corrected chi connectivity index (χ2v) is 6.51. The van der Waals surface area contributed by atoms with Crippen LogP contribution in [0.25, 0.3) is 5.65 Å². The summed E-state index contributed by atoms with van der Waals surface area (Å²) >= 11 is 0. The van der Waals surface area contributed by atoms with Crippen molar-refractivity contribution in [2.75, 3.05) is 19.6 Å². The molecule has 3 aromatic rings. The van der Waals surface area contributed by atoms with Crippen LogP contribution in [0.5, 0.6) is 0 Å². The van der Waals surface area contributed by atoms with Gasteiger partial charge in [-0.15, -0.1) is 0 Å². The first kappa shape index (κ1) is 15.8. The van der Waals surface area contributed by atoms with Gasteiger partial charge >= 0.3 is 0 Å². The summed E-state index contributed by atoms with van der Waals surface area (Å²) in [6.45, 7) is 6.01. The standard InChI is InChI=1S/C19H21N5O/c1-13-10-14(2)24-18(21-13)11-16(22-24)19(25)23-9-8-20-17(12-23)15-6-4-3-5-7-15/h3-7,10-11,17,20H,8-9,12H2,1-2H3. The van der Waals surface area contributed by atoms with Crippen LogP contribution < -0.4 is 5.32 Å². The number of piperazine rings is 1. The average Bonchev–Trinajstić information content (AvgIpc) is 3.06. The quantitative estimate of drug-likeness (QED) is 0.779. The summed E-state index contributed by atoms with van der Waals surface area (Å²) in [5.41, 5.74) is 4.27. The van der Waals surface area contributed by atoms with Crippen molar-refractivity contribution in [3.05, 3.63) is 65.1 Å². The molecule has 1 atom stereocenters. The summed E-state index contributed by atoms with van der Waals surface area (Å²) in [5, 5.41) is 7.95. The number of aryl methyl sites for hydroxylation is 2. The lowest BCUT2D eigenvalue weighted by atomic mass is 10.0. The number of hydrogen-bond acceptors (Lipinski definition) is 4. The molecule has 1 saturated heterocycles. The highest BCUT2D eigenvalue weighted by Crippen LogP contribution is 2.19. The van der Waals surface area contributed by atoms with Crippen LogP contribution >= 0.6 is 0 Å². The Hall–Kier alpha value is -2.73. The Balaban J connectivity index is 1.59. The molecular weight excluding hydrogens is 314 g/mol. The number of amides is 1. The molecule has 1 fully saturated rings. The van der Waals surface area contributed by atoms with Gasteiger partial charge in [0.15, 0.2) is 11.3 Å². The Labute approximate surface area is 146 Å². The molecule has 3 heterocycles. The number of aromatic nitrogens is 3. The predicted molar refractivity (Wildman–Crippen MR) is 95.6 cm³/mol. The predicted octanol–water partition coefficient (Wildman–Crippen LogP) is 2.13. The van der Waals surface area contributed by atoms with E-state index in [1.165, 1.54) is 5.56 Å². The number of fused-ring (bicyclic) bond motifs is 1. The van der Waals surface area contributed by atoms with E-state index < -0.39 is 0 Å². The molecule has 0 bridgehead atoms. The molecule has 6 heteroatoms. The zero-order valence-corrected chi connectivity index (χ0v) is 14.4. The molecular formula is C19H21N5O. The largest absolute Gasteiger partial charge is 0.334 e. The number of hydrogen-bond donors (Lipinski definition) is 1. The molecule has 1 N–H and O–H groups in total. The van der Waals surface area contributed by atoms with Gasteiger partial charge in [0.25, 0.3) is 5.91 Å². The lowest BCUT2D eigenvalue weighted by molar-refractivity contribution is 0.0696. The third kappa shape index (κ3) is 3.00. The van der Waals surface area contributed by atoms with Crippen LogP contribution in [0.3, 0.4) is 0 Å². The summed E-state index contributed by atoms with van der Waals surface area (Å²) < 4.78 is 1.73. The fourth-order valence-corrected chi connectivity index (χ4v) is 3.40. The lowest BCUT2D eigenvalue weighted by Crippen LogP contribution is -2.48. The summed E-state index contributed by atoms with van der Waals surface area (Å²) in [6.07, 6.45) is 0. The Morgan fingerprint density at radius 1 is 1.20 bits per heavy atom. The molecule has 0 saturated carbocycles. The average molecular weight is 335 g/mol. The van der Waals surface area contributed by atoms with Crippen molar-refractivity contribution >= 4 is 11.6 Å². The minimum atomic E-state index is -0.0371. The summed E-state index contributed by atoms with van der Waals surface area (Å²) in [6, 6.07) is 14.1. The van der Waals surface area contributed by atoms with Crippen LogP contribution in [-0.4, -0.2) is 45.0 Å². The summed E-state index contributed by atoms with van der Waals surface area (Å²) in [4.78, 5) is 19.3. The number of nitrogens with one attached hydrogen (secondary N) is 1. The summed E-state index contributed by atoms with van der Waals surface area (Å²) in [7, 11) is 0. The van der Waals surface area contributed by atoms with E-state index in [9.17, 15) is 4.79 Å². The van der Waals surface area contributed by atoms with Crippen LogP contribution in [0, 0.1) is 13.8 Å². The van der Waals surface area contributed by atoms with Crippen molar-refractivity contribution in [1.29, 1.82) is 0 Å². The van der Waals surface area contributed by atoms with E-state index in [1.807, 2.05) is 43.0 Å². The van der Waals surface area contributed by atoms with E-state index in [-0.39, 0.29) is 11.9 Å². The molecule has 6 nitrogen and oxygen atoms in total. The van der Waals surface area contributed by atoms with Gasteiger partial charge in [-0.25, -0.2) is 9.50 Å². The first-order valence-corrected chi connectivity index (χ1v) is 8.53. The molecule has 128 valence electrons. The highest BCUT2D eigenvalue weighted by atomic mass is 16.2. The maximum absolute atomic E-state index is 12.9. The summed E-state index contributed by atoms with van der Waals surface area (Å²) in [5.74, 6) is -0.0371. The number of carbonyl (C=O) groups is 1. The van der Waals surface area contributed by atoms with Gasteiger partial charge in [-0.1, -0.05) is 30.3 Å². The van der Waals surface area contributed by atoms with Gasteiger partial charge in [0.05, 0.1) is 0 Å². The molecule has 0 aliphatic carbocycles. The van der Waals surface area contributed by atoms with Crippen molar-refractivity contribution in [2.45, 2.75) is 19.9 Å². The number of nitrogens with zero attached hydrogens (tertiary/aromatic N) is 4. The third-order valence-electron chi connectivity index (χ3n) is 4.62. The third-order valence-corrected chi connectivity index (χ3v) is 4.62. The molecule has 1 aliphatic heterocycles. The second-order valence-electron chi connectivity index (χ2n) is 6.51. The molecule has 25 heavy (non-hydrogen) atoms. The Kier molecular flexibility index (Phi) is 3.97. The molecule has 1 unspecified atom stereocenters. The highest BCUT2D eigenvalue weighted by molar-refractivity contribution is 5.93. The van der Waals surface area contributed by atoms with Crippen molar-refractivity contribution in [3.8, 4) is 0 Å². The van der Waals surface area contributed by atoms with E-state index in [0.29, 0.717) is 18.8 Å². The van der Waals surface area contributed by atoms with E-state index in [2.05, 4.69) is 27.5 Å². The maximum atomic E-state index is 12.9. The Morgan fingerprint density at radius 3 is 2.80 bits per heavy atom. The number of rotatable bonds is 2. The van der Waals surface area contributed by atoms with E-state index >= 15 is 0 Å². The van der Waals surface area contributed by atoms with Crippen LogP contribution in [-0.2, 0) is 0 Å². The van der Waals surface area contributed by atoms with E-state index in [0.717, 1.165) is 23.6 Å². The van der Waals surface area contributed by atoms with E-state index in [4.69, 9.17) is 0 Å². The van der Waals surface area contributed by atoms with Gasteiger partial charge in [-0.3, -0.25) is 4.79 Å². The van der Waals surface area contributed by atoms with Crippen molar-refractivity contribution in [2.24, 2.45) is 0 Å². The monoisotopic (exact) mass is 335 g/mol. The fraction of sp³-hybridized carbons (Fsp3) is 0.316. The van der Waals surface area contributed by atoms with Gasteiger partial charge in [-0.2, -0.15) is 5.10 Å². The van der Waals surface area contributed by atoms with Gasteiger partial charge in [-0.05, 0) is 25.5 Å². The molecule has 2 aromatic heterocycles. The number of carbonyl (C=O) groups excluding carboxylic acids is 1. The SMILES string of the molecule is Cc1cc(C)n2nc(C(=O)N3CCNC(c4ccccc4)C3)cc2n1. The lowest BCUT2D eigenvalue weighted by Gasteiger charge is -2.33. The molecule has 4 rings (SSSR count). The normalized spacial score (nSPS) is 17.8. The minimum absolute atomic E-state index is 0.0371. The highest BCUT2D eigenvalue weighted by Gasteiger charge is 2.26. The molecule has 0 spiro atoms. The molecule has 0 radical (unpaired) electrons. The van der Waals surface area contributed by atoms with Crippen molar-refractivity contribution < 1.29 is 4.79 Å². The van der Waals surface area contributed by atoms with Crippen molar-refractivity contribution in [3.63, 3.8) is 0 Å². The van der Waals surface area contributed by atoms with Crippen molar-refractivity contribution in [1.82, 2.24) is 24.8 Å². The van der Waals surface area contributed by atoms with Gasteiger partial charge in [0.1, 0.15) is 0 Å². The van der Waals surface area contributed by atoms with Gasteiger partial charge in [0, 0.05) is 43.1 Å². The fourth-order valence-electron chi connectivity index (χ4n) is 3.40. The minimum Gasteiger partial charge on any atom is -0.334 e. The smallest absolute Gasteiger partial charge is 0.274 e. The molecule has 1 amide bonds.